The molecule has 2 aliphatic heterocycles. The van der Waals surface area contributed by atoms with E-state index in [9.17, 15) is 9.90 Å². The first-order valence-electron chi connectivity index (χ1n) is 13.6. The molecule has 0 saturated carbocycles. The van der Waals surface area contributed by atoms with Crippen molar-refractivity contribution in [2.75, 3.05) is 13.1 Å². The number of nitrogens with zero attached hydrogens (tertiary/aromatic N) is 3. The third-order valence-electron chi connectivity index (χ3n) is 7.73. The number of hydrogen-bond donors (Lipinski definition) is 1. The van der Waals surface area contributed by atoms with Crippen LogP contribution in [-0.4, -0.2) is 46.7 Å². The van der Waals surface area contributed by atoms with Crippen molar-refractivity contribution >= 4 is 24.0 Å². The van der Waals surface area contributed by atoms with Gasteiger partial charge in [-0.05, 0) is 78.1 Å². The molecule has 1 unspecified atom stereocenters. The molecule has 2 aliphatic rings. The van der Waals surface area contributed by atoms with E-state index < -0.39 is 12.0 Å². The molecule has 3 aromatic rings. The summed E-state index contributed by atoms with van der Waals surface area (Å²) < 4.78 is 0. The van der Waals surface area contributed by atoms with Crippen LogP contribution in [0.4, 0.5) is 0 Å². The largest absolute Gasteiger partial charge is 0.480 e. The number of rotatable bonds is 8. The van der Waals surface area contributed by atoms with E-state index in [-0.39, 0.29) is 0 Å². The zero-order chi connectivity index (χ0) is 27.2. The number of carbonyl (C=O) groups is 1. The molecule has 0 aromatic heterocycles. The van der Waals surface area contributed by atoms with E-state index in [2.05, 4.69) is 114 Å². The van der Waals surface area contributed by atoms with Crippen LogP contribution in [0.5, 0.6) is 0 Å². The molecule has 0 amide bonds. The van der Waals surface area contributed by atoms with Crippen LogP contribution in [0.1, 0.15) is 41.5 Å². The van der Waals surface area contributed by atoms with Crippen molar-refractivity contribution in [1.29, 1.82) is 0 Å². The maximum Gasteiger partial charge on any atom is 0.320 e. The summed E-state index contributed by atoms with van der Waals surface area (Å²) in [6.45, 7) is 8.08. The minimum Gasteiger partial charge on any atom is -0.480 e. The summed E-state index contributed by atoms with van der Waals surface area (Å²) in [5.41, 5.74) is 9.32. The molecule has 0 spiro atoms. The van der Waals surface area contributed by atoms with Crippen LogP contribution in [0.15, 0.2) is 102 Å². The Kier molecular flexibility index (Phi) is 8.18. The third-order valence-corrected chi connectivity index (χ3v) is 7.73. The Bertz CT molecular complexity index is 1420. The van der Waals surface area contributed by atoms with E-state index in [1.807, 2.05) is 6.07 Å². The van der Waals surface area contributed by atoms with Gasteiger partial charge in [0.05, 0.1) is 11.9 Å². The van der Waals surface area contributed by atoms with Gasteiger partial charge in [0.2, 0.25) is 0 Å². The van der Waals surface area contributed by atoms with Crippen LogP contribution < -0.4 is 0 Å². The second-order valence-electron chi connectivity index (χ2n) is 10.2. The smallest absolute Gasteiger partial charge is 0.320 e. The Labute approximate surface area is 231 Å². The predicted molar refractivity (Wildman–Crippen MR) is 160 cm³/mol. The fraction of sp³-hybridized carbons (Fsp3) is 0.235. The summed E-state index contributed by atoms with van der Waals surface area (Å²) in [5.74, 6) is -0.722. The van der Waals surface area contributed by atoms with Gasteiger partial charge in [0.1, 0.15) is 6.04 Å². The Morgan fingerprint density at radius 2 is 1.79 bits per heavy atom. The number of carboxylic acid groups (broad SMARTS) is 1. The molecule has 0 radical (unpaired) electrons. The fourth-order valence-corrected chi connectivity index (χ4v) is 5.63. The summed E-state index contributed by atoms with van der Waals surface area (Å²) in [6, 6.07) is 25.0. The highest BCUT2D eigenvalue weighted by atomic mass is 16.4. The molecule has 5 heteroatoms. The molecule has 1 fully saturated rings. The van der Waals surface area contributed by atoms with Gasteiger partial charge >= 0.3 is 5.97 Å². The molecule has 2 heterocycles. The average molecular weight is 518 g/mol. The number of hydrogen-bond acceptors (Lipinski definition) is 4. The highest BCUT2D eigenvalue weighted by molar-refractivity contribution is 5.82. The average Bonchev–Trinajstić information content (AvgIpc) is 2.97. The number of carboxylic acids is 1. The number of aliphatic imine (C=N–C) groups is 1. The lowest BCUT2D eigenvalue weighted by atomic mass is 9.92. The van der Waals surface area contributed by atoms with Gasteiger partial charge in [-0.1, -0.05) is 85.3 Å². The zero-order valence-electron chi connectivity index (χ0n) is 22.5. The second kappa shape index (κ2) is 12.1. The Morgan fingerprint density at radius 1 is 1.03 bits per heavy atom. The van der Waals surface area contributed by atoms with Gasteiger partial charge in [-0.25, -0.2) is 0 Å². The Morgan fingerprint density at radius 3 is 2.49 bits per heavy atom. The van der Waals surface area contributed by atoms with Gasteiger partial charge < -0.3 is 10.0 Å². The maximum absolute atomic E-state index is 11.7. The predicted octanol–water partition coefficient (Wildman–Crippen LogP) is 7.01. The lowest BCUT2D eigenvalue weighted by Gasteiger charge is -2.33. The fourth-order valence-electron chi connectivity index (χ4n) is 5.63. The van der Waals surface area contributed by atoms with Crippen LogP contribution in [0.2, 0.25) is 0 Å². The van der Waals surface area contributed by atoms with Crippen molar-refractivity contribution in [3.05, 3.63) is 120 Å². The van der Waals surface area contributed by atoms with Crippen molar-refractivity contribution in [2.24, 2.45) is 4.99 Å². The molecule has 3 aromatic carbocycles. The SMILES string of the molecule is C=N/C=C(/c1ccc(CN2CCCCC2C(=O)O)cc1)N1C=CC(c2cccc(-c3ccccc3)c2C)=CC1. The van der Waals surface area contributed by atoms with Crippen molar-refractivity contribution in [2.45, 2.75) is 38.8 Å². The molecule has 39 heavy (non-hydrogen) atoms. The molecule has 1 N–H and O–H groups in total. The van der Waals surface area contributed by atoms with Crippen LogP contribution in [0.25, 0.3) is 22.4 Å². The van der Waals surface area contributed by atoms with E-state index in [0.717, 1.165) is 49.2 Å². The first kappa shape index (κ1) is 26.4. The number of benzene rings is 3. The van der Waals surface area contributed by atoms with E-state index in [0.29, 0.717) is 6.54 Å². The Balaban J connectivity index is 1.31. The molecule has 1 atom stereocenters. The van der Waals surface area contributed by atoms with Crippen LogP contribution in [-0.2, 0) is 11.3 Å². The molecular formula is C34H35N3O2. The lowest BCUT2D eigenvalue weighted by Crippen LogP contribution is -2.43. The monoisotopic (exact) mass is 517 g/mol. The van der Waals surface area contributed by atoms with E-state index in [4.69, 9.17) is 0 Å². The highest BCUT2D eigenvalue weighted by Gasteiger charge is 2.28. The molecule has 198 valence electrons. The first-order chi connectivity index (χ1) is 19.0. The second-order valence-corrected chi connectivity index (χ2v) is 10.2. The van der Waals surface area contributed by atoms with E-state index >= 15 is 0 Å². The van der Waals surface area contributed by atoms with Crippen LogP contribution in [0, 0.1) is 6.92 Å². The van der Waals surface area contributed by atoms with Crippen LogP contribution >= 0.6 is 0 Å². The zero-order valence-corrected chi connectivity index (χ0v) is 22.5. The minimum absolute atomic E-state index is 0.393. The van der Waals surface area contributed by atoms with Crippen LogP contribution in [0.3, 0.4) is 0 Å². The lowest BCUT2D eigenvalue weighted by molar-refractivity contribution is -0.144. The van der Waals surface area contributed by atoms with Gasteiger partial charge in [0.15, 0.2) is 0 Å². The van der Waals surface area contributed by atoms with Crippen molar-refractivity contribution in [3.8, 4) is 11.1 Å². The number of piperidine rings is 1. The summed E-state index contributed by atoms with van der Waals surface area (Å²) in [4.78, 5) is 20.0. The summed E-state index contributed by atoms with van der Waals surface area (Å²) in [5, 5.41) is 9.60. The van der Waals surface area contributed by atoms with E-state index in [1.165, 1.54) is 27.8 Å². The quantitative estimate of drug-likeness (QED) is 0.327. The van der Waals surface area contributed by atoms with Crippen molar-refractivity contribution in [3.63, 3.8) is 0 Å². The molecule has 1 saturated heterocycles. The minimum atomic E-state index is -0.722. The normalized spacial score (nSPS) is 18.1. The highest BCUT2D eigenvalue weighted by Crippen LogP contribution is 2.32. The van der Waals surface area contributed by atoms with Crippen molar-refractivity contribution in [1.82, 2.24) is 9.80 Å². The first-order valence-corrected chi connectivity index (χ1v) is 13.6. The number of allylic oxidation sites excluding steroid dienone is 2. The standard InChI is InChI=1S/C34H35N3O2/c1-25-30(27-9-4-3-5-10-27)11-8-12-31(25)28-18-21-36(22-19-28)33(23-35-2)29-16-14-26(15-17-29)24-37-20-7-6-13-32(37)34(38)39/h3-5,8-12,14-19,21,23,32H,2,6-7,13,20,22,24H2,1H3,(H,38,39)/b33-23-. The third kappa shape index (κ3) is 5.94. The summed E-state index contributed by atoms with van der Waals surface area (Å²) in [6.07, 6.45) is 11.1. The summed E-state index contributed by atoms with van der Waals surface area (Å²) >= 11 is 0. The van der Waals surface area contributed by atoms with Gasteiger partial charge in [-0.3, -0.25) is 14.7 Å². The molecular weight excluding hydrogens is 482 g/mol. The topological polar surface area (TPSA) is 56.1 Å². The molecule has 5 rings (SSSR count). The number of aliphatic carboxylic acids is 1. The van der Waals surface area contributed by atoms with Gasteiger partial charge in [-0.15, -0.1) is 0 Å². The van der Waals surface area contributed by atoms with E-state index in [1.54, 1.807) is 6.20 Å². The van der Waals surface area contributed by atoms with Gasteiger partial charge in [-0.2, -0.15) is 0 Å². The Hall–Kier alpha value is -4.22. The molecule has 0 bridgehead atoms. The number of likely N-dealkylation sites (tertiary alicyclic amines) is 1. The molecule has 5 nitrogen and oxygen atoms in total. The van der Waals surface area contributed by atoms with Gasteiger partial charge in [0.25, 0.3) is 0 Å². The molecule has 0 aliphatic carbocycles. The van der Waals surface area contributed by atoms with Crippen molar-refractivity contribution < 1.29 is 9.90 Å². The van der Waals surface area contributed by atoms with Gasteiger partial charge in [0, 0.05) is 19.3 Å². The summed E-state index contributed by atoms with van der Waals surface area (Å²) in [7, 11) is 0. The maximum atomic E-state index is 11.7.